The maximum atomic E-state index is 9.04. The van der Waals surface area contributed by atoms with Gasteiger partial charge in [-0.05, 0) is 33.2 Å². The van der Waals surface area contributed by atoms with Crippen molar-refractivity contribution in [2.75, 3.05) is 33.8 Å². The Morgan fingerprint density at radius 2 is 2.12 bits per heavy atom. The number of nitrogens with one attached hydrogen (secondary N) is 1. The zero-order valence-electron chi connectivity index (χ0n) is 10.6. The van der Waals surface area contributed by atoms with Crippen molar-refractivity contribution in [2.24, 2.45) is 0 Å². The van der Waals surface area contributed by atoms with Crippen molar-refractivity contribution in [3.05, 3.63) is 0 Å². The molecule has 1 saturated heterocycles. The van der Waals surface area contributed by atoms with Gasteiger partial charge in [-0.1, -0.05) is 0 Å². The van der Waals surface area contributed by atoms with Gasteiger partial charge in [0, 0.05) is 26.7 Å². The summed E-state index contributed by atoms with van der Waals surface area (Å²) in [7, 11) is 3.63. The first-order chi connectivity index (χ1) is 7.63. The highest BCUT2D eigenvalue weighted by Gasteiger charge is 2.24. The van der Waals surface area contributed by atoms with Crippen molar-refractivity contribution in [3.63, 3.8) is 0 Å². The first-order valence-corrected chi connectivity index (χ1v) is 5.99. The molecule has 0 saturated carbocycles. The number of rotatable bonds is 5. The van der Waals surface area contributed by atoms with Crippen molar-refractivity contribution in [2.45, 2.75) is 37.8 Å². The Balaban J connectivity index is 2.27. The Morgan fingerprint density at radius 3 is 2.56 bits per heavy atom. The fourth-order valence-corrected chi connectivity index (χ4v) is 1.99. The topological polar surface area (TPSA) is 48.3 Å². The molecule has 1 rings (SSSR count). The van der Waals surface area contributed by atoms with E-state index >= 15 is 0 Å². The Labute approximate surface area is 98.6 Å². The average Bonchev–Trinajstić information content (AvgIpc) is 2.36. The van der Waals surface area contributed by atoms with E-state index < -0.39 is 5.54 Å². The number of ether oxygens (including phenoxy) is 1. The molecule has 0 aromatic rings. The van der Waals surface area contributed by atoms with Gasteiger partial charge in [-0.25, -0.2) is 0 Å². The van der Waals surface area contributed by atoms with E-state index in [1.54, 1.807) is 7.11 Å². The third-order valence-corrected chi connectivity index (χ3v) is 3.59. The van der Waals surface area contributed by atoms with E-state index in [1.807, 2.05) is 14.0 Å². The van der Waals surface area contributed by atoms with E-state index in [0.29, 0.717) is 6.10 Å². The number of hydrogen-bond donors (Lipinski definition) is 1. The van der Waals surface area contributed by atoms with Crippen molar-refractivity contribution < 1.29 is 4.74 Å². The van der Waals surface area contributed by atoms with Gasteiger partial charge in [0.2, 0.25) is 0 Å². The van der Waals surface area contributed by atoms with Gasteiger partial charge in [0.25, 0.3) is 0 Å². The number of methoxy groups -OCH3 is 1. The summed E-state index contributed by atoms with van der Waals surface area (Å²) in [5.74, 6) is 0. The van der Waals surface area contributed by atoms with Gasteiger partial charge in [-0.3, -0.25) is 0 Å². The molecule has 1 unspecified atom stereocenters. The number of nitriles is 1. The van der Waals surface area contributed by atoms with E-state index in [-0.39, 0.29) is 0 Å². The first kappa shape index (κ1) is 13.4. The Bertz CT molecular complexity index is 243. The van der Waals surface area contributed by atoms with Gasteiger partial charge in [-0.15, -0.1) is 0 Å². The van der Waals surface area contributed by atoms with Gasteiger partial charge in [0.1, 0.15) is 5.54 Å². The molecule has 0 aromatic carbocycles. The van der Waals surface area contributed by atoms with Crippen molar-refractivity contribution in [1.29, 1.82) is 5.26 Å². The van der Waals surface area contributed by atoms with Gasteiger partial charge in [0.05, 0.1) is 12.2 Å². The molecular formula is C12H23N3O. The van der Waals surface area contributed by atoms with Crippen LogP contribution in [0.4, 0.5) is 0 Å². The summed E-state index contributed by atoms with van der Waals surface area (Å²) in [6, 6.07) is 2.33. The molecule has 1 aliphatic rings. The molecule has 0 aromatic heterocycles. The molecule has 1 atom stereocenters. The molecule has 16 heavy (non-hydrogen) atoms. The molecule has 4 heteroatoms. The van der Waals surface area contributed by atoms with Crippen LogP contribution in [0.1, 0.15) is 26.2 Å². The zero-order valence-corrected chi connectivity index (χ0v) is 10.6. The third-order valence-electron chi connectivity index (χ3n) is 3.59. The van der Waals surface area contributed by atoms with Crippen LogP contribution in [0.3, 0.4) is 0 Å². The lowest BCUT2D eigenvalue weighted by Gasteiger charge is -2.33. The van der Waals surface area contributed by atoms with Crippen molar-refractivity contribution in [3.8, 4) is 6.07 Å². The van der Waals surface area contributed by atoms with Gasteiger partial charge in [0.15, 0.2) is 0 Å². The van der Waals surface area contributed by atoms with E-state index in [4.69, 9.17) is 10.00 Å². The van der Waals surface area contributed by atoms with E-state index in [2.05, 4.69) is 16.3 Å². The zero-order chi connectivity index (χ0) is 12.0. The molecule has 0 aliphatic carbocycles. The lowest BCUT2D eigenvalue weighted by molar-refractivity contribution is 0.0396. The van der Waals surface area contributed by atoms with Crippen LogP contribution in [0.25, 0.3) is 0 Å². The molecule has 92 valence electrons. The van der Waals surface area contributed by atoms with Crippen LogP contribution >= 0.6 is 0 Å². The molecule has 1 aliphatic heterocycles. The summed E-state index contributed by atoms with van der Waals surface area (Å²) in [5.41, 5.74) is -0.391. The number of likely N-dealkylation sites (tertiary alicyclic amines) is 1. The highest BCUT2D eigenvalue weighted by atomic mass is 16.5. The summed E-state index contributed by atoms with van der Waals surface area (Å²) in [6.45, 7) is 5.11. The molecule has 1 N–H and O–H groups in total. The normalized spacial score (nSPS) is 22.6. The van der Waals surface area contributed by atoms with Crippen LogP contribution in [0.5, 0.6) is 0 Å². The maximum absolute atomic E-state index is 9.04. The summed E-state index contributed by atoms with van der Waals surface area (Å²) in [6.07, 6.45) is 3.53. The smallest absolute Gasteiger partial charge is 0.104 e. The SMILES string of the molecule is CNC(C)(C#N)CCN1CCC(OC)CC1. The number of piperidine rings is 1. The highest BCUT2D eigenvalue weighted by Crippen LogP contribution is 2.15. The van der Waals surface area contributed by atoms with E-state index in [9.17, 15) is 0 Å². The maximum Gasteiger partial charge on any atom is 0.104 e. The predicted molar refractivity (Wildman–Crippen MR) is 64.2 cm³/mol. The summed E-state index contributed by atoms with van der Waals surface area (Å²) >= 11 is 0. The van der Waals surface area contributed by atoms with E-state index in [0.717, 1.165) is 38.9 Å². The quantitative estimate of drug-likeness (QED) is 0.758. The minimum absolute atomic E-state index is 0.391. The Morgan fingerprint density at radius 1 is 1.50 bits per heavy atom. The summed E-state index contributed by atoms with van der Waals surface area (Å²) < 4.78 is 5.34. The summed E-state index contributed by atoms with van der Waals surface area (Å²) in [4.78, 5) is 2.42. The largest absolute Gasteiger partial charge is 0.381 e. The van der Waals surface area contributed by atoms with Crippen LogP contribution in [0.15, 0.2) is 0 Å². The number of hydrogen-bond acceptors (Lipinski definition) is 4. The number of nitrogens with zero attached hydrogens (tertiary/aromatic N) is 2. The lowest BCUT2D eigenvalue weighted by atomic mass is 9.99. The second-order valence-corrected chi connectivity index (χ2v) is 4.72. The van der Waals surface area contributed by atoms with Crippen LogP contribution in [0, 0.1) is 11.3 Å². The molecule has 1 heterocycles. The highest BCUT2D eigenvalue weighted by molar-refractivity contribution is 5.03. The standard InChI is InChI=1S/C12H23N3O/c1-12(10-13,14-2)6-9-15-7-4-11(16-3)5-8-15/h11,14H,4-9H2,1-3H3. The fourth-order valence-electron chi connectivity index (χ4n) is 1.99. The fraction of sp³-hybridized carbons (Fsp3) is 0.917. The second-order valence-electron chi connectivity index (χ2n) is 4.72. The molecular weight excluding hydrogens is 202 g/mol. The van der Waals surface area contributed by atoms with Crippen molar-refractivity contribution in [1.82, 2.24) is 10.2 Å². The molecule has 1 fully saturated rings. The van der Waals surface area contributed by atoms with Crippen LogP contribution in [-0.2, 0) is 4.74 Å². The lowest BCUT2D eigenvalue weighted by Crippen LogP contribution is -2.44. The third kappa shape index (κ3) is 3.75. The van der Waals surface area contributed by atoms with Gasteiger partial charge < -0.3 is 15.0 Å². The van der Waals surface area contributed by atoms with E-state index in [1.165, 1.54) is 0 Å². The minimum atomic E-state index is -0.391. The van der Waals surface area contributed by atoms with Crippen molar-refractivity contribution >= 4 is 0 Å². The predicted octanol–water partition coefficient (Wildman–Crippen LogP) is 0.989. The Hall–Kier alpha value is -0.630. The second kappa shape index (κ2) is 6.19. The molecule has 0 radical (unpaired) electrons. The minimum Gasteiger partial charge on any atom is -0.381 e. The first-order valence-electron chi connectivity index (χ1n) is 5.99. The molecule has 4 nitrogen and oxygen atoms in total. The monoisotopic (exact) mass is 225 g/mol. The molecule has 0 amide bonds. The Kier molecular flexibility index (Phi) is 5.20. The van der Waals surface area contributed by atoms with Crippen LogP contribution < -0.4 is 5.32 Å². The summed E-state index contributed by atoms with van der Waals surface area (Å²) in [5, 5.41) is 12.1. The molecule has 0 bridgehead atoms. The van der Waals surface area contributed by atoms with Crippen LogP contribution in [-0.4, -0.2) is 50.3 Å². The van der Waals surface area contributed by atoms with Gasteiger partial charge in [-0.2, -0.15) is 5.26 Å². The average molecular weight is 225 g/mol. The van der Waals surface area contributed by atoms with Gasteiger partial charge >= 0.3 is 0 Å². The molecule has 0 spiro atoms. The van der Waals surface area contributed by atoms with Crippen LogP contribution in [0.2, 0.25) is 0 Å².